The van der Waals surface area contributed by atoms with Gasteiger partial charge in [0.2, 0.25) is 0 Å². The summed E-state index contributed by atoms with van der Waals surface area (Å²) in [4.78, 5) is 11.3. The quantitative estimate of drug-likeness (QED) is 0.592. The Kier molecular flexibility index (Phi) is 7.64. The van der Waals surface area contributed by atoms with Crippen molar-refractivity contribution < 1.29 is 4.39 Å². The van der Waals surface area contributed by atoms with Crippen LogP contribution in [-0.2, 0) is 13.0 Å². The second-order valence-electron chi connectivity index (χ2n) is 7.12. The smallest absolute Gasteiger partial charge is 0.191 e. The van der Waals surface area contributed by atoms with Crippen molar-refractivity contribution in [3.05, 3.63) is 59.5 Å². The van der Waals surface area contributed by atoms with Crippen LogP contribution in [0, 0.1) is 5.82 Å². The SMILES string of the molecule is CN=C(NCCc1ccccc1F)NCc1ccc(N2CCCCCC2)nc1. The molecule has 28 heavy (non-hydrogen) atoms. The summed E-state index contributed by atoms with van der Waals surface area (Å²) in [7, 11) is 1.74. The average Bonchev–Trinajstić information content (AvgIpc) is 3.02. The predicted molar refractivity (Wildman–Crippen MR) is 113 cm³/mol. The first-order chi connectivity index (χ1) is 13.8. The van der Waals surface area contributed by atoms with E-state index in [2.05, 4.69) is 37.6 Å². The second kappa shape index (κ2) is 10.6. The van der Waals surface area contributed by atoms with E-state index in [-0.39, 0.29) is 5.82 Å². The summed E-state index contributed by atoms with van der Waals surface area (Å²) >= 11 is 0. The molecule has 1 aliphatic heterocycles. The number of benzene rings is 1. The highest BCUT2D eigenvalue weighted by Gasteiger charge is 2.10. The zero-order valence-corrected chi connectivity index (χ0v) is 16.6. The van der Waals surface area contributed by atoms with E-state index < -0.39 is 0 Å². The summed E-state index contributed by atoms with van der Waals surface area (Å²) in [5, 5.41) is 6.52. The van der Waals surface area contributed by atoms with Crippen molar-refractivity contribution in [3.8, 4) is 0 Å². The number of nitrogens with zero attached hydrogens (tertiary/aromatic N) is 3. The van der Waals surface area contributed by atoms with Gasteiger partial charge in [-0.3, -0.25) is 4.99 Å². The van der Waals surface area contributed by atoms with Gasteiger partial charge in [-0.2, -0.15) is 0 Å². The van der Waals surface area contributed by atoms with Crippen molar-refractivity contribution in [1.29, 1.82) is 0 Å². The summed E-state index contributed by atoms with van der Waals surface area (Å²) < 4.78 is 13.7. The van der Waals surface area contributed by atoms with Crippen LogP contribution in [0.15, 0.2) is 47.6 Å². The molecule has 5 nitrogen and oxygen atoms in total. The molecule has 2 aromatic rings. The monoisotopic (exact) mass is 383 g/mol. The van der Waals surface area contributed by atoms with Gasteiger partial charge in [0, 0.05) is 39.4 Å². The van der Waals surface area contributed by atoms with Gasteiger partial charge in [0.1, 0.15) is 11.6 Å². The van der Waals surface area contributed by atoms with E-state index in [1.165, 1.54) is 31.7 Å². The molecule has 1 saturated heterocycles. The molecule has 0 amide bonds. The zero-order chi connectivity index (χ0) is 19.6. The molecule has 150 valence electrons. The van der Waals surface area contributed by atoms with E-state index in [0.717, 1.165) is 24.5 Å². The van der Waals surface area contributed by atoms with Gasteiger partial charge in [-0.1, -0.05) is 37.1 Å². The minimum absolute atomic E-state index is 0.164. The van der Waals surface area contributed by atoms with E-state index in [0.29, 0.717) is 31.0 Å². The topological polar surface area (TPSA) is 52.6 Å². The molecule has 2 N–H and O–H groups in total. The van der Waals surface area contributed by atoms with Gasteiger partial charge in [0.05, 0.1) is 0 Å². The van der Waals surface area contributed by atoms with Crippen molar-refractivity contribution in [3.63, 3.8) is 0 Å². The Morgan fingerprint density at radius 3 is 2.54 bits per heavy atom. The van der Waals surface area contributed by atoms with Crippen LogP contribution in [0.4, 0.5) is 10.2 Å². The van der Waals surface area contributed by atoms with Crippen LogP contribution in [-0.4, -0.2) is 37.6 Å². The number of nitrogens with one attached hydrogen (secondary N) is 2. The Morgan fingerprint density at radius 2 is 1.86 bits per heavy atom. The van der Waals surface area contributed by atoms with Gasteiger partial charge >= 0.3 is 0 Å². The summed E-state index contributed by atoms with van der Waals surface area (Å²) in [5.74, 6) is 1.61. The second-order valence-corrected chi connectivity index (χ2v) is 7.12. The third-order valence-corrected chi connectivity index (χ3v) is 5.07. The predicted octanol–water partition coefficient (Wildman–Crippen LogP) is 3.51. The highest BCUT2D eigenvalue weighted by Crippen LogP contribution is 2.17. The number of halogens is 1. The lowest BCUT2D eigenvalue weighted by Crippen LogP contribution is -2.38. The van der Waals surface area contributed by atoms with Gasteiger partial charge in [0.25, 0.3) is 0 Å². The van der Waals surface area contributed by atoms with Crippen LogP contribution >= 0.6 is 0 Å². The molecule has 0 saturated carbocycles. The average molecular weight is 384 g/mol. The number of aliphatic imine (C=N–C) groups is 1. The van der Waals surface area contributed by atoms with Gasteiger partial charge in [-0.25, -0.2) is 9.37 Å². The lowest BCUT2D eigenvalue weighted by atomic mass is 10.1. The first-order valence-corrected chi connectivity index (χ1v) is 10.1. The molecule has 6 heteroatoms. The number of hydrogen-bond acceptors (Lipinski definition) is 3. The Morgan fingerprint density at radius 1 is 1.07 bits per heavy atom. The maximum absolute atomic E-state index is 13.7. The molecule has 0 unspecified atom stereocenters. The number of hydrogen-bond donors (Lipinski definition) is 2. The van der Waals surface area contributed by atoms with E-state index in [1.54, 1.807) is 13.1 Å². The van der Waals surface area contributed by atoms with Crippen LogP contribution in [0.2, 0.25) is 0 Å². The Balaban J connectivity index is 1.45. The molecule has 2 heterocycles. The van der Waals surface area contributed by atoms with E-state index >= 15 is 0 Å². The molecular formula is C22H30FN5. The molecular weight excluding hydrogens is 353 g/mol. The molecule has 1 aromatic carbocycles. The highest BCUT2D eigenvalue weighted by molar-refractivity contribution is 5.79. The number of aromatic nitrogens is 1. The van der Waals surface area contributed by atoms with Crippen LogP contribution in [0.3, 0.4) is 0 Å². The maximum atomic E-state index is 13.7. The number of pyridine rings is 1. The van der Waals surface area contributed by atoms with Crippen molar-refractivity contribution in [1.82, 2.24) is 15.6 Å². The standard InChI is InChI=1S/C22H30FN5/c1-24-22(25-13-12-19-8-4-5-9-20(19)23)27-17-18-10-11-21(26-16-18)28-14-6-2-3-7-15-28/h4-5,8-11,16H,2-3,6-7,12-15,17H2,1H3,(H2,24,25,27). The van der Waals surface area contributed by atoms with E-state index in [9.17, 15) is 4.39 Å². The van der Waals surface area contributed by atoms with Crippen molar-refractivity contribution in [2.24, 2.45) is 4.99 Å². The van der Waals surface area contributed by atoms with Crippen LogP contribution in [0.1, 0.15) is 36.8 Å². The fourth-order valence-corrected chi connectivity index (χ4v) is 3.43. The van der Waals surface area contributed by atoms with Crippen molar-refractivity contribution >= 4 is 11.8 Å². The molecule has 1 aromatic heterocycles. The fraction of sp³-hybridized carbons (Fsp3) is 0.455. The molecule has 0 bridgehead atoms. The first-order valence-electron chi connectivity index (χ1n) is 10.1. The summed E-state index contributed by atoms with van der Waals surface area (Å²) in [6.45, 7) is 3.46. The molecule has 0 radical (unpaired) electrons. The Bertz CT molecular complexity index is 752. The zero-order valence-electron chi connectivity index (χ0n) is 16.6. The van der Waals surface area contributed by atoms with Crippen LogP contribution in [0.25, 0.3) is 0 Å². The number of rotatable bonds is 6. The minimum Gasteiger partial charge on any atom is -0.357 e. The van der Waals surface area contributed by atoms with E-state index in [1.807, 2.05) is 18.3 Å². The Hall–Kier alpha value is -2.63. The summed E-state index contributed by atoms with van der Waals surface area (Å²) in [6.07, 6.45) is 7.68. The third kappa shape index (κ3) is 5.94. The highest BCUT2D eigenvalue weighted by atomic mass is 19.1. The minimum atomic E-state index is -0.164. The first kappa shape index (κ1) is 20.1. The molecule has 0 aliphatic carbocycles. The molecule has 1 aliphatic rings. The van der Waals surface area contributed by atoms with Crippen molar-refractivity contribution in [2.75, 3.05) is 31.6 Å². The molecule has 0 spiro atoms. The van der Waals surface area contributed by atoms with Gasteiger partial charge in [-0.15, -0.1) is 0 Å². The summed E-state index contributed by atoms with van der Waals surface area (Å²) in [6, 6.07) is 11.1. The molecule has 1 fully saturated rings. The largest absolute Gasteiger partial charge is 0.357 e. The van der Waals surface area contributed by atoms with Crippen LogP contribution < -0.4 is 15.5 Å². The normalized spacial score (nSPS) is 15.2. The van der Waals surface area contributed by atoms with Crippen molar-refractivity contribution in [2.45, 2.75) is 38.6 Å². The van der Waals surface area contributed by atoms with E-state index in [4.69, 9.17) is 0 Å². The molecule has 3 rings (SSSR count). The Labute approximate surface area is 167 Å². The third-order valence-electron chi connectivity index (χ3n) is 5.07. The lowest BCUT2D eigenvalue weighted by molar-refractivity contribution is 0.606. The number of guanidine groups is 1. The van der Waals surface area contributed by atoms with Crippen LogP contribution in [0.5, 0.6) is 0 Å². The lowest BCUT2D eigenvalue weighted by Gasteiger charge is -2.21. The summed E-state index contributed by atoms with van der Waals surface area (Å²) in [5.41, 5.74) is 1.81. The van der Waals surface area contributed by atoms with Gasteiger partial charge in [-0.05, 0) is 42.5 Å². The number of anilines is 1. The molecule has 0 atom stereocenters. The maximum Gasteiger partial charge on any atom is 0.191 e. The van der Waals surface area contributed by atoms with Gasteiger partial charge in [0.15, 0.2) is 5.96 Å². The fourth-order valence-electron chi connectivity index (χ4n) is 3.43. The van der Waals surface area contributed by atoms with Gasteiger partial charge < -0.3 is 15.5 Å².